The number of rotatable bonds is 5. The summed E-state index contributed by atoms with van der Waals surface area (Å²) in [5.41, 5.74) is 1.25. The molecule has 1 atom stereocenters. The molecule has 0 saturated carbocycles. The maximum absolute atomic E-state index is 12.4. The summed E-state index contributed by atoms with van der Waals surface area (Å²) in [6.07, 6.45) is 0. The number of nitrogens with one attached hydrogen (secondary N) is 1. The summed E-state index contributed by atoms with van der Waals surface area (Å²) in [5.74, 6) is 0.959. The second-order valence-corrected chi connectivity index (χ2v) is 11.0. The van der Waals surface area contributed by atoms with Gasteiger partial charge < -0.3 is 15.0 Å². The minimum Gasteiger partial charge on any atom is -0.379 e. The molecule has 7 nitrogen and oxygen atoms in total. The fourth-order valence-electron chi connectivity index (χ4n) is 3.92. The Morgan fingerprint density at radius 3 is 2.52 bits per heavy atom. The third kappa shape index (κ3) is 5.29. The zero-order valence-corrected chi connectivity index (χ0v) is 18.6. The lowest BCUT2D eigenvalue weighted by molar-refractivity contribution is 0.0179. The molecule has 0 aromatic heterocycles. The van der Waals surface area contributed by atoms with Crippen molar-refractivity contribution in [1.29, 1.82) is 0 Å². The summed E-state index contributed by atoms with van der Waals surface area (Å²) in [6.45, 7) is 11.2. The van der Waals surface area contributed by atoms with Gasteiger partial charge >= 0.3 is 0 Å². The molecule has 162 valence electrons. The zero-order valence-electron chi connectivity index (χ0n) is 17.8. The minimum absolute atomic E-state index is 0.163. The zero-order chi connectivity index (χ0) is 20.9. The van der Waals surface area contributed by atoms with Gasteiger partial charge in [-0.05, 0) is 26.3 Å². The molecular weight excluding hydrogens is 388 g/mol. The first-order chi connectivity index (χ1) is 13.8. The van der Waals surface area contributed by atoms with Crippen molar-refractivity contribution in [2.75, 3.05) is 58.2 Å². The molecule has 2 fully saturated rings. The average molecular weight is 423 g/mol. The van der Waals surface area contributed by atoms with Crippen LogP contribution in [0.3, 0.4) is 0 Å². The lowest BCUT2D eigenvalue weighted by atomic mass is 10.0. The van der Waals surface area contributed by atoms with Crippen LogP contribution < -0.4 is 5.32 Å². The van der Waals surface area contributed by atoms with E-state index in [-0.39, 0.29) is 11.8 Å². The first-order valence-electron chi connectivity index (χ1n) is 10.5. The number of guanidine groups is 1. The summed E-state index contributed by atoms with van der Waals surface area (Å²) in [7, 11) is -3.08. The second-order valence-electron chi connectivity index (χ2n) is 8.27. The topological polar surface area (TPSA) is 74.2 Å². The molecule has 2 heterocycles. The Morgan fingerprint density at radius 2 is 1.90 bits per heavy atom. The maximum atomic E-state index is 12.4. The molecule has 3 rings (SSSR count). The van der Waals surface area contributed by atoms with E-state index in [1.807, 2.05) is 13.0 Å². The lowest BCUT2D eigenvalue weighted by Gasteiger charge is -2.39. The van der Waals surface area contributed by atoms with E-state index < -0.39 is 14.6 Å². The van der Waals surface area contributed by atoms with Crippen LogP contribution in [0.25, 0.3) is 0 Å². The molecule has 1 aromatic rings. The van der Waals surface area contributed by atoms with Crippen LogP contribution in [0.5, 0.6) is 0 Å². The van der Waals surface area contributed by atoms with Gasteiger partial charge in [0.25, 0.3) is 0 Å². The number of hydrogen-bond acceptors (Lipinski definition) is 5. The number of aliphatic imine (C=N–C) groups is 1. The number of hydrogen-bond donors (Lipinski definition) is 1. The normalized spacial score (nSPS) is 23.6. The Bertz CT molecular complexity index is 789. The molecule has 0 amide bonds. The molecule has 29 heavy (non-hydrogen) atoms. The molecule has 2 saturated heterocycles. The second kappa shape index (κ2) is 9.45. The molecule has 8 heteroatoms. The molecule has 2 aliphatic heterocycles. The highest BCUT2D eigenvalue weighted by molar-refractivity contribution is 7.92. The van der Waals surface area contributed by atoms with E-state index in [2.05, 4.69) is 39.4 Å². The van der Waals surface area contributed by atoms with Crippen molar-refractivity contribution in [3.8, 4) is 0 Å². The van der Waals surface area contributed by atoms with Crippen LogP contribution in [0.15, 0.2) is 35.3 Å². The van der Waals surface area contributed by atoms with E-state index in [0.29, 0.717) is 19.6 Å². The summed E-state index contributed by atoms with van der Waals surface area (Å²) >= 11 is 0. The average Bonchev–Trinajstić information content (AvgIpc) is 2.71. The Balaban J connectivity index is 1.81. The van der Waals surface area contributed by atoms with E-state index in [0.717, 1.165) is 38.8 Å². The molecule has 0 aliphatic carbocycles. The SMILES string of the molecule is CCNC(=NCC(c1ccccc1)N1CCOCC1)N1CCS(=O)(=O)C(C)(C)C1. The van der Waals surface area contributed by atoms with Crippen molar-refractivity contribution in [3.05, 3.63) is 35.9 Å². The fraction of sp³-hybridized carbons (Fsp3) is 0.667. The highest BCUT2D eigenvalue weighted by Gasteiger charge is 2.41. The van der Waals surface area contributed by atoms with Crippen molar-refractivity contribution in [2.24, 2.45) is 4.99 Å². The molecule has 2 aliphatic rings. The van der Waals surface area contributed by atoms with Gasteiger partial charge in [0, 0.05) is 32.7 Å². The Morgan fingerprint density at radius 1 is 1.21 bits per heavy atom. The molecule has 1 unspecified atom stereocenters. The van der Waals surface area contributed by atoms with Crippen LogP contribution in [0.1, 0.15) is 32.4 Å². The third-order valence-corrected chi connectivity index (χ3v) is 8.30. The quantitative estimate of drug-likeness (QED) is 0.573. The van der Waals surface area contributed by atoms with Crippen LogP contribution in [-0.2, 0) is 14.6 Å². The summed E-state index contributed by atoms with van der Waals surface area (Å²) in [5, 5.41) is 3.37. The standard InChI is InChI=1S/C21H34N4O3S/c1-4-22-20(25-12-15-29(26,27)21(2,3)17-25)23-16-19(18-8-6-5-7-9-18)24-10-13-28-14-11-24/h5-9,19H,4,10-17H2,1-3H3,(H,22,23). The van der Waals surface area contributed by atoms with Crippen molar-refractivity contribution >= 4 is 15.8 Å². The molecule has 1 aromatic carbocycles. The van der Waals surface area contributed by atoms with Crippen molar-refractivity contribution < 1.29 is 13.2 Å². The van der Waals surface area contributed by atoms with Crippen molar-refractivity contribution in [3.63, 3.8) is 0 Å². The van der Waals surface area contributed by atoms with Gasteiger partial charge in [0.2, 0.25) is 0 Å². The van der Waals surface area contributed by atoms with Gasteiger partial charge in [-0.25, -0.2) is 8.42 Å². The first-order valence-corrected chi connectivity index (χ1v) is 12.1. The first kappa shape index (κ1) is 22.1. The molecule has 1 N–H and O–H groups in total. The predicted octanol–water partition coefficient (Wildman–Crippen LogP) is 1.53. The number of sulfone groups is 1. The highest BCUT2D eigenvalue weighted by Crippen LogP contribution is 2.25. The fourth-order valence-corrected chi connectivity index (χ4v) is 5.29. The number of benzene rings is 1. The summed E-state index contributed by atoms with van der Waals surface area (Å²) in [4.78, 5) is 9.47. The molecular formula is C21H34N4O3S. The molecule has 0 bridgehead atoms. The van der Waals surface area contributed by atoms with Crippen LogP contribution in [0.4, 0.5) is 0 Å². The Kier molecular flexibility index (Phi) is 7.19. The van der Waals surface area contributed by atoms with Crippen molar-refractivity contribution in [2.45, 2.75) is 31.6 Å². The van der Waals surface area contributed by atoms with Gasteiger partial charge in [-0.2, -0.15) is 0 Å². The monoisotopic (exact) mass is 422 g/mol. The molecule has 0 radical (unpaired) electrons. The largest absolute Gasteiger partial charge is 0.379 e. The molecule has 0 spiro atoms. The highest BCUT2D eigenvalue weighted by atomic mass is 32.2. The Hall–Kier alpha value is -1.64. The predicted molar refractivity (Wildman–Crippen MR) is 117 cm³/mol. The van der Waals surface area contributed by atoms with E-state index in [1.165, 1.54) is 5.56 Å². The summed E-state index contributed by atoms with van der Waals surface area (Å²) in [6, 6.07) is 10.6. The van der Waals surface area contributed by atoms with Gasteiger partial charge in [0.15, 0.2) is 15.8 Å². The van der Waals surface area contributed by atoms with Gasteiger partial charge in [-0.3, -0.25) is 9.89 Å². The van der Waals surface area contributed by atoms with Crippen LogP contribution >= 0.6 is 0 Å². The van der Waals surface area contributed by atoms with E-state index >= 15 is 0 Å². The number of morpholine rings is 1. The minimum atomic E-state index is -3.08. The van der Waals surface area contributed by atoms with Gasteiger partial charge in [-0.1, -0.05) is 30.3 Å². The van der Waals surface area contributed by atoms with Crippen LogP contribution in [-0.4, -0.2) is 87.2 Å². The third-order valence-electron chi connectivity index (χ3n) is 5.76. The van der Waals surface area contributed by atoms with Crippen LogP contribution in [0, 0.1) is 0 Å². The van der Waals surface area contributed by atoms with Gasteiger partial charge in [0.1, 0.15) is 0 Å². The van der Waals surface area contributed by atoms with E-state index in [1.54, 1.807) is 13.8 Å². The number of ether oxygens (including phenoxy) is 1. The van der Waals surface area contributed by atoms with Gasteiger partial charge in [-0.15, -0.1) is 0 Å². The van der Waals surface area contributed by atoms with E-state index in [4.69, 9.17) is 9.73 Å². The van der Waals surface area contributed by atoms with E-state index in [9.17, 15) is 8.42 Å². The van der Waals surface area contributed by atoms with Crippen LogP contribution in [0.2, 0.25) is 0 Å². The maximum Gasteiger partial charge on any atom is 0.194 e. The smallest absolute Gasteiger partial charge is 0.194 e. The van der Waals surface area contributed by atoms with Crippen molar-refractivity contribution in [1.82, 2.24) is 15.1 Å². The summed E-state index contributed by atoms with van der Waals surface area (Å²) < 4.78 is 29.5. The lowest BCUT2D eigenvalue weighted by Crippen LogP contribution is -2.57. The van der Waals surface area contributed by atoms with Gasteiger partial charge in [0.05, 0.1) is 36.3 Å². The Labute approximate surface area is 175 Å². The number of nitrogens with zero attached hydrogens (tertiary/aromatic N) is 3.